The van der Waals surface area contributed by atoms with Crippen molar-refractivity contribution in [2.24, 2.45) is 0 Å². The first-order valence-electron chi connectivity index (χ1n) is 6.10. The van der Waals surface area contributed by atoms with Crippen molar-refractivity contribution in [3.63, 3.8) is 0 Å². The molecule has 1 rings (SSSR count). The number of amides is 1. The SMILES string of the molecule is N#C/C(=C/NCc1ccccc1F)C(=O)NCCCCl. The number of hydrogen-bond donors (Lipinski definition) is 2. The van der Waals surface area contributed by atoms with Gasteiger partial charge >= 0.3 is 0 Å². The van der Waals surface area contributed by atoms with E-state index in [1.54, 1.807) is 24.3 Å². The predicted molar refractivity (Wildman–Crippen MR) is 75.3 cm³/mol. The van der Waals surface area contributed by atoms with Gasteiger partial charge in [-0.15, -0.1) is 11.6 Å². The molecule has 106 valence electrons. The van der Waals surface area contributed by atoms with Gasteiger partial charge in [0.05, 0.1) is 0 Å². The highest BCUT2D eigenvalue weighted by atomic mass is 35.5. The molecule has 2 N–H and O–H groups in total. The van der Waals surface area contributed by atoms with Gasteiger partial charge in [-0.3, -0.25) is 4.79 Å². The van der Waals surface area contributed by atoms with Crippen LogP contribution in [0.1, 0.15) is 12.0 Å². The van der Waals surface area contributed by atoms with Crippen molar-refractivity contribution in [1.82, 2.24) is 10.6 Å². The molecule has 0 saturated heterocycles. The molecule has 1 amide bonds. The monoisotopic (exact) mass is 295 g/mol. The number of carbonyl (C=O) groups excluding carboxylic acids is 1. The Bertz CT molecular complexity index is 525. The van der Waals surface area contributed by atoms with E-state index in [9.17, 15) is 9.18 Å². The van der Waals surface area contributed by atoms with Crippen LogP contribution in [0, 0.1) is 17.1 Å². The first kappa shape index (κ1) is 16.0. The van der Waals surface area contributed by atoms with Gasteiger partial charge < -0.3 is 10.6 Å². The fourth-order valence-corrected chi connectivity index (χ4v) is 1.55. The summed E-state index contributed by atoms with van der Waals surface area (Å²) in [5, 5.41) is 14.2. The number of halogens is 2. The third-order valence-corrected chi connectivity index (χ3v) is 2.73. The standard InChI is InChI=1S/C14H15ClFN3O/c15-6-3-7-19-14(20)12(8-17)10-18-9-11-4-1-2-5-13(11)16/h1-2,4-5,10,18H,3,6-7,9H2,(H,19,20)/b12-10-. The lowest BCUT2D eigenvalue weighted by Crippen LogP contribution is -2.26. The summed E-state index contributed by atoms with van der Waals surface area (Å²) in [6.45, 7) is 0.613. The van der Waals surface area contributed by atoms with Gasteiger partial charge in [0.25, 0.3) is 5.91 Å². The van der Waals surface area contributed by atoms with E-state index < -0.39 is 5.91 Å². The molecular weight excluding hydrogens is 281 g/mol. The van der Waals surface area contributed by atoms with E-state index in [2.05, 4.69) is 10.6 Å². The minimum atomic E-state index is -0.473. The number of rotatable bonds is 7. The Balaban J connectivity index is 2.52. The largest absolute Gasteiger partial charge is 0.385 e. The quantitative estimate of drug-likeness (QED) is 0.350. The molecule has 0 spiro atoms. The normalized spacial score (nSPS) is 10.8. The summed E-state index contributed by atoms with van der Waals surface area (Å²) < 4.78 is 13.3. The van der Waals surface area contributed by atoms with E-state index in [-0.39, 0.29) is 17.9 Å². The molecule has 0 unspecified atom stereocenters. The summed E-state index contributed by atoms with van der Waals surface area (Å²) >= 11 is 5.49. The molecule has 0 fully saturated rings. The third-order valence-electron chi connectivity index (χ3n) is 2.46. The molecule has 6 heteroatoms. The summed E-state index contributed by atoms with van der Waals surface area (Å²) in [7, 11) is 0. The fraction of sp³-hybridized carbons (Fsp3) is 0.286. The zero-order valence-electron chi connectivity index (χ0n) is 10.8. The van der Waals surface area contributed by atoms with Gasteiger partial charge in [-0.25, -0.2) is 4.39 Å². The van der Waals surface area contributed by atoms with Crippen LogP contribution in [0.5, 0.6) is 0 Å². The number of nitriles is 1. The molecule has 4 nitrogen and oxygen atoms in total. The van der Waals surface area contributed by atoms with Gasteiger partial charge in [-0.2, -0.15) is 5.26 Å². The number of alkyl halides is 1. The molecule has 0 aromatic heterocycles. The maximum atomic E-state index is 13.3. The Hall–Kier alpha value is -2.06. The fourth-order valence-electron chi connectivity index (χ4n) is 1.42. The minimum absolute atomic E-state index is 0.0593. The second-order valence-electron chi connectivity index (χ2n) is 3.94. The number of benzene rings is 1. The van der Waals surface area contributed by atoms with Crippen molar-refractivity contribution in [2.75, 3.05) is 12.4 Å². The molecule has 1 aromatic carbocycles. The van der Waals surface area contributed by atoms with Gasteiger partial charge in [-0.05, 0) is 12.5 Å². The smallest absolute Gasteiger partial charge is 0.263 e. The van der Waals surface area contributed by atoms with E-state index in [0.29, 0.717) is 24.4 Å². The Kier molecular flexibility index (Phi) is 7.15. The lowest BCUT2D eigenvalue weighted by molar-refractivity contribution is -0.117. The minimum Gasteiger partial charge on any atom is -0.385 e. The summed E-state index contributed by atoms with van der Waals surface area (Å²) in [4.78, 5) is 11.6. The lowest BCUT2D eigenvalue weighted by Gasteiger charge is -2.05. The van der Waals surface area contributed by atoms with E-state index in [0.717, 1.165) is 0 Å². The lowest BCUT2D eigenvalue weighted by atomic mass is 10.2. The van der Waals surface area contributed by atoms with Crippen molar-refractivity contribution < 1.29 is 9.18 Å². The first-order chi connectivity index (χ1) is 9.69. The Morgan fingerprint density at radius 1 is 1.45 bits per heavy atom. The second kappa shape index (κ2) is 8.94. The molecule has 0 atom stereocenters. The molecule has 0 heterocycles. The highest BCUT2D eigenvalue weighted by molar-refractivity contribution is 6.17. The number of nitrogens with zero attached hydrogens (tertiary/aromatic N) is 1. The van der Waals surface area contributed by atoms with Gasteiger partial charge in [0, 0.05) is 30.7 Å². The Morgan fingerprint density at radius 3 is 2.85 bits per heavy atom. The maximum absolute atomic E-state index is 13.3. The van der Waals surface area contributed by atoms with Gasteiger partial charge in [0.1, 0.15) is 17.5 Å². The van der Waals surface area contributed by atoms with Crippen molar-refractivity contribution in [3.8, 4) is 6.07 Å². The molecule has 1 aromatic rings. The van der Waals surface area contributed by atoms with Crippen LogP contribution in [0.4, 0.5) is 4.39 Å². The number of hydrogen-bond acceptors (Lipinski definition) is 3. The van der Waals surface area contributed by atoms with Crippen molar-refractivity contribution in [2.45, 2.75) is 13.0 Å². The van der Waals surface area contributed by atoms with E-state index in [1.165, 1.54) is 12.3 Å². The van der Waals surface area contributed by atoms with Gasteiger partial charge in [0.2, 0.25) is 0 Å². The van der Waals surface area contributed by atoms with Crippen LogP contribution >= 0.6 is 11.6 Å². The molecule has 0 aliphatic rings. The van der Waals surface area contributed by atoms with Crippen LogP contribution < -0.4 is 10.6 Å². The van der Waals surface area contributed by atoms with Crippen molar-refractivity contribution in [3.05, 3.63) is 47.4 Å². The Morgan fingerprint density at radius 2 is 2.20 bits per heavy atom. The number of nitrogens with one attached hydrogen (secondary N) is 2. The van der Waals surface area contributed by atoms with Crippen molar-refractivity contribution >= 4 is 17.5 Å². The average Bonchev–Trinajstić information content (AvgIpc) is 2.45. The molecule has 0 bridgehead atoms. The zero-order valence-corrected chi connectivity index (χ0v) is 11.6. The average molecular weight is 296 g/mol. The third kappa shape index (κ3) is 5.29. The van der Waals surface area contributed by atoms with Gasteiger partial charge in [-0.1, -0.05) is 18.2 Å². The van der Waals surface area contributed by atoms with Crippen molar-refractivity contribution in [1.29, 1.82) is 5.26 Å². The molecule has 20 heavy (non-hydrogen) atoms. The maximum Gasteiger partial charge on any atom is 0.263 e. The summed E-state index contributed by atoms with van der Waals surface area (Å²) in [6, 6.07) is 8.08. The van der Waals surface area contributed by atoms with Crippen LogP contribution in [0.15, 0.2) is 36.0 Å². The van der Waals surface area contributed by atoms with Crippen LogP contribution in [0.25, 0.3) is 0 Å². The van der Waals surface area contributed by atoms with Crippen LogP contribution in [-0.4, -0.2) is 18.3 Å². The summed E-state index contributed by atoms with van der Waals surface area (Å²) in [5.41, 5.74) is 0.402. The highest BCUT2D eigenvalue weighted by Gasteiger charge is 2.07. The predicted octanol–water partition coefficient (Wildman–Crippen LogP) is 2.07. The molecular formula is C14H15ClFN3O. The van der Waals surface area contributed by atoms with E-state index >= 15 is 0 Å². The Labute approximate surface area is 122 Å². The molecule has 0 aliphatic carbocycles. The summed E-state index contributed by atoms with van der Waals surface area (Å²) in [5.74, 6) is -0.366. The van der Waals surface area contributed by atoms with Gasteiger partial charge in [0.15, 0.2) is 0 Å². The summed E-state index contributed by atoms with van der Waals surface area (Å²) in [6.07, 6.45) is 1.91. The van der Waals surface area contributed by atoms with Crippen LogP contribution in [-0.2, 0) is 11.3 Å². The molecule has 0 saturated carbocycles. The first-order valence-corrected chi connectivity index (χ1v) is 6.63. The zero-order chi connectivity index (χ0) is 14.8. The van der Waals surface area contributed by atoms with Crippen LogP contribution in [0.3, 0.4) is 0 Å². The van der Waals surface area contributed by atoms with E-state index in [4.69, 9.17) is 16.9 Å². The second-order valence-corrected chi connectivity index (χ2v) is 4.32. The van der Waals surface area contributed by atoms with E-state index in [1.807, 2.05) is 0 Å². The number of carbonyl (C=O) groups is 1. The van der Waals surface area contributed by atoms with Crippen LogP contribution in [0.2, 0.25) is 0 Å². The molecule has 0 radical (unpaired) electrons. The molecule has 0 aliphatic heterocycles. The highest BCUT2D eigenvalue weighted by Crippen LogP contribution is 2.05. The topological polar surface area (TPSA) is 64.9 Å².